The van der Waals surface area contributed by atoms with Gasteiger partial charge < -0.3 is 15.0 Å². The molecular weight excluding hydrogens is 352 g/mol. The van der Waals surface area contributed by atoms with Crippen molar-refractivity contribution in [1.29, 1.82) is 0 Å². The number of rotatable bonds is 6. The van der Waals surface area contributed by atoms with E-state index < -0.39 is 6.10 Å². The van der Waals surface area contributed by atoms with Crippen molar-refractivity contribution in [2.45, 2.75) is 46.1 Å². The molecule has 1 heterocycles. The van der Waals surface area contributed by atoms with Gasteiger partial charge in [0.2, 0.25) is 0 Å². The Morgan fingerprint density at radius 3 is 2.50 bits per heavy atom. The summed E-state index contributed by atoms with van der Waals surface area (Å²) in [6, 6.07) is 13.1. The van der Waals surface area contributed by atoms with Crippen LogP contribution in [0, 0.1) is 13.8 Å². The summed E-state index contributed by atoms with van der Waals surface area (Å²) in [4.78, 5) is 27.5. The fourth-order valence-corrected chi connectivity index (χ4v) is 3.49. The predicted octanol–water partition coefficient (Wildman–Crippen LogP) is 4.34. The number of aryl methyl sites for hydroxylation is 2. The number of carbonyl (C=O) groups is 2. The van der Waals surface area contributed by atoms with Crippen LogP contribution >= 0.6 is 0 Å². The molecule has 2 aromatic carbocycles. The Bertz CT molecular complexity index is 857. The molecule has 1 N–H and O–H groups in total. The summed E-state index contributed by atoms with van der Waals surface area (Å²) >= 11 is 0. The van der Waals surface area contributed by atoms with Gasteiger partial charge in [0.15, 0.2) is 6.10 Å². The highest BCUT2D eigenvalue weighted by Crippen LogP contribution is 2.23. The molecule has 5 heteroatoms. The number of benzene rings is 2. The summed E-state index contributed by atoms with van der Waals surface area (Å²) in [5.74, 6) is 0.426. The van der Waals surface area contributed by atoms with Crippen molar-refractivity contribution in [1.82, 2.24) is 4.90 Å². The molecule has 148 valence electrons. The molecule has 0 saturated carbocycles. The normalized spacial score (nSPS) is 14.6. The Morgan fingerprint density at radius 1 is 1.11 bits per heavy atom. The van der Waals surface area contributed by atoms with Gasteiger partial charge in [-0.15, -0.1) is 0 Å². The van der Waals surface area contributed by atoms with E-state index in [4.69, 9.17) is 4.74 Å². The lowest BCUT2D eigenvalue weighted by Crippen LogP contribution is -2.34. The van der Waals surface area contributed by atoms with Crippen LogP contribution in [0.4, 0.5) is 5.69 Å². The average molecular weight is 380 g/mol. The number of carbonyl (C=O) groups excluding carboxylic acids is 2. The predicted molar refractivity (Wildman–Crippen MR) is 111 cm³/mol. The highest BCUT2D eigenvalue weighted by Gasteiger charge is 2.24. The third-order valence-corrected chi connectivity index (χ3v) is 5.07. The second-order valence-electron chi connectivity index (χ2n) is 7.32. The van der Waals surface area contributed by atoms with E-state index in [0.29, 0.717) is 23.4 Å². The number of likely N-dealkylation sites (tertiary alicyclic amines) is 1. The molecule has 3 rings (SSSR count). The van der Waals surface area contributed by atoms with Crippen LogP contribution in [-0.4, -0.2) is 35.9 Å². The standard InChI is InChI=1S/C23H28N2O3/c1-4-20(28-21-12-11-16(2)15-17(21)3)22(26)24-19-10-6-5-9-18(19)23(27)25-13-7-8-14-25/h5-6,9-12,15,20H,4,7-8,13-14H2,1-3H3,(H,24,26)/t20-/m0/s1. The minimum absolute atomic E-state index is 0.0308. The molecule has 0 radical (unpaired) electrons. The summed E-state index contributed by atoms with van der Waals surface area (Å²) in [6.07, 6.45) is 1.96. The first-order valence-corrected chi connectivity index (χ1v) is 9.92. The van der Waals surface area contributed by atoms with Crippen molar-refractivity contribution in [2.75, 3.05) is 18.4 Å². The Balaban J connectivity index is 1.75. The van der Waals surface area contributed by atoms with Crippen LogP contribution in [0.3, 0.4) is 0 Å². The summed E-state index contributed by atoms with van der Waals surface area (Å²) in [5.41, 5.74) is 3.21. The fraction of sp³-hybridized carbons (Fsp3) is 0.391. The topological polar surface area (TPSA) is 58.6 Å². The lowest BCUT2D eigenvalue weighted by Gasteiger charge is -2.21. The Labute approximate surface area is 166 Å². The van der Waals surface area contributed by atoms with E-state index >= 15 is 0 Å². The van der Waals surface area contributed by atoms with Gasteiger partial charge in [0.25, 0.3) is 11.8 Å². The zero-order chi connectivity index (χ0) is 20.1. The molecule has 1 aliphatic heterocycles. The van der Waals surface area contributed by atoms with Gasteiger partial charge in [-0.3, -0.25) is 9.59 Å². The number of nitrogens with zero attached hydrogens (tertiary/aromatic N) is 1. The number of hydrogen-bond donors (Lipinski definition) is 1. The maximum absolute atomic E-state index is 12.9. The van der Waals surface area contributed by atoms with Crippen molar-refractivity contribution >= 4 is 17.5 Å². The Hall–Kier alpha value is -2.82. The number of ether oxygens (including phenoxy) is 1. The first-order chi connectivity index (χ1) is 13.5. The molecule has 1 atom stereocenters. The number of para-hydroxylation sites is 1. The molecule has 0 aromatic heterocycles. The van der Waals surface area contributed by atoms with Gasteiger partial charge in [-0.25, -0.2) is 0 Å². The molecule has 1 fully saturated rings. The number of amides is 2. The first-order valence-electron chi connectivity index (χ1n) is 9.92. The van der Waals surface area contributed by atoms with Crippen LogP contribution in [-0.2, 0) is 4.79 Å². The second-order valence-corrected chi connectivity index (χ2v) is 7.32. The number of nitrogens with one attached hydrogen (secondary N) is 1. The number of anilines is 1. The van der Waals surface area contributed by atoms with E-state index in [1.54, 1.807) is 12.1 Å². The van der Waals surface area contributed by atoms with E-state index in [9.17, 15) is 9.59 Å². The van der Waals surface area contributed by atoms with Crippen molar-refractivity contribution in [3.63, 3.8) is 0 Å². The van der Waals surface area contributed by atoms with E-state index in [1.165, 1.54) is 0 Å². The van der Waals surface area contributed by atoms with E-state index in [2.05, 4.69) is 5.32 Å². The van der Waals surface area contributed by atoms with E-state index in [1.807, 2.05) is 56.0 Å². The quantitative estimate of drug-likeness (QED) is 0.811. The van der Waals surface area contributed by atoms with Crippen LogP contribution in [0.1, 0.15) is 47.7 Å². The minimum atomic E-state index is -0.628. The van der Waals surface area contributed by atoms with Gasteiger partial charge in [-0.2, -0.15) is 0 Å². The van der Waals surface area contributed by atoms with Gasteiger partial charge >= 0.3 is 0 Å². The van der Waals surface area contributed by atoms with Gasteiger partial charge in [0.1, 0.15) is 5.75 Å². The molecule has 1 aliphatic rings. The van der Waals surface area contributed by atoms with Crippen molar-refractivity contribution in [3.8, 4) is 5.75 Å². The summed E-state index contributed by atoms with van der Waals surface area (Å²) < 4.78 is 5.98. The molecule has 0 bridgehead atoms. The third-order valence-electron chi connectivity index (χ3n) is 5.07. The molecule has 28 heavy (non-hydrogen) atoms. The number of hydrogen-bond acceptors (Lipinski definition) is 3. The third kappa shape index (κ3) is 4.53. The molecule has 1 saturated heterocycles. The van der Waals surface area contributed by atoms with E-state index in [0.717, 1.165) is 37.1 Å². The molecule has 2 amide bonds. The molecule has 5 nitrogen and oxygen atoms in total. The van der Waals surface area contributed by atoms with Crippen LogP contribution in [0.2, 0.25) is 0 Å². The summed E-state index contributed by atoms with van der Waals surface area (Å²) in [6.45, 7) is 7.45. The molecule has 0 spiro atoms. The van der Waals surface area contributed by atoms with Crippen LogP contribution in [0.25, 0.3) is 0 Å². The molecule has 0 unspecified atom stereocenters. The summed E-state index contributed by atoms with van der Waals surface area (Å²) in [5, 5.41) is 2.91. The first kappa shape index (κ1) is 19.9. The molecule has 0 aliphatic carbocycles. The largest absolute Gasteiger partial charge is 0.480 e. The molecular formula is C23H28N2O3. The second kappa shape index (κ2) is 8.91. The SMILES string of the molecule is CC[C@H](Oc1ccc(C)cc1C)C(=O)Nc1ccccc1C(=O)N1CCCC1. The van der Waals surface area contributed by atoms with Crippen molar-refractivity contribution < 1.29 is 14.3 Å². The maximum Gasteiger partial charge on any atom is 0.265 e. The zero-order valence-corrected chi connectivity index (χ0v) is 16.8. The molecule has 2 aromatic rings. The van der Waals surface area contributed by atoms with Gasteiger partial charge in [0.05, 0.1) is 11.3 Å². The lowest BCUT2D eigenvalue weighted by molar-refractivity contribution is -0.122. The summed E-state index contributed by atoms with van der Waals surface area (Å²) in [7, 11) is 0. The van der Waals surface area contributed by atoms with Gasteiger partial charge in [-0.05, 0) is 56.9 Å². The fourth-order valence-electron chi connectivity index (χ4n) is 3.49. The minimum Gasteiger partial charge on any atom is -0.480 e. The maximum atomic E-state index is 12.9. The smallest absolute Gasteiger partial charge is 0.265 e. The van der Waals surface area contributed by atoms with Crippen LogP contribution < -0.4 is 10.1 Å². The van der Waals surface area contributed by atoms with Gasteiger partial charge in [0, 0.05) is 13.1 Å². The zero-order valence-electron chi connectivity index (χ0n) is 16.8. The van der Waals surface area contributed by atoms with Crippen molar-refractivity contribution in [2.24, 2.45) is 0 Å². The average Bonchev–Trinajstić information content (AvgIpc) is 3.22. The van der Waals surface area contributed by atoms with Gasteiger partial charge in [-0.1, -0.05) is 36.8 Å². The monoisotopic (exact) mass is 380 g/mol. The van der Waals surface area contributed by atoms with Crippen molar-refractivity contribution in [3.05, 3.63) is 59.2 Å². The Kier molecular flexibility index (Phi) is 6.34. The highest BCUT2D eigenvalue weighted by molar-refractivity contribution is 6.04. The highest BCUT2D eigenvalue weighted by atomic mass is 16.5. The van der Waals surface area contributed by atoms with E-state index in [-0.39, 0.29) is 11.8 Å². The lowest BCUT2D eigenvalue weighted by atomic mass is 10.1. The van der Waals surface area contributed by atoms with Crippen LogP contribution in [0.5, 0.6) is 5.75 Å². The van der Waals surface area contributed by atoms with Crippen LogP contribution in [0.15, 0.2) is 42.5 Å². The Morgan fingerprint density at radius 2 is 1.82 bits per heavy atom.